The molecule has 1 heterocycles. The van der Waals surface area contributed by atoms with Crippen molar-refractivity contribution in [3.05, 3.63) is 71.8 Å². The minimum atomic E-state index is -0.650. The topological polar surface area (TPSA) is 90.0 Å². The van der Waals surface area contributed by atoms with Crippen molar-refractivity contribution < 1.29 is 28.7 Å². The number of hydrogen-bond donors (Lipinski definition) is 0. The van der Waals surface area contributed by atoms with Gasteiger partial charge >= 0.3 is 5.97 Å². The minimum absolute atomic E-state index is 0.139. The largest absolute Gasteiger partial charge is 0.497 e. The molecule has 2 bridgehead atoms. The van der Waals surface area contributed by atoms with Crippen LogP contribution in [0.4, 0.5) is 5.69 Å². The first-order chi connectivity index (χ1) is 16.5. The van der Waals surface area contributed by atoms with Gasteiger partial charge < -0.3 is 9.47 Å². The van der Waals surface area contributed by atoms with Crippen LogP contribution in [0.5, 0.6) is 5.75 Å². The Balaban J connectivity index is 1.12. The number of esters is 1. The molecule has 2 aromatic carbocycles. The number of Topliss-reactive ketones (excluding diaryl/α,β-unsaturated/α-hetero) is 1. The zero-order valence-electron chi connectivity index (χ0n) is 18.5. The second kappa shape index (κ2) is 7.65. The molecule has 7 heteroatoms. The fraction of sp³-hybridized carbons (Fsp3) is 0.333. The van der Waals surface area contributed by atoms with Crippen LogP contribution in [-0.4, -0.2) is 37.3 Å². The third-order valence-corrected chi connectivity index (χ3v) is 7.77. The molecule has 3 fully saturated rings. The monoisotopic (exact) mass is 457 g/mol. The van der Waals surface area contributed by atoms with Gasteiger partial charge in [-0.3, -0.25) is 19.3 Å². The summed E-state index contributed by atoms with van der Waals surface area (Å²) in [6.07, 6.45) is 5.40. The van der Waals surface area contributed by atoms with Crippen LogP contribution in [0.2, 0.25) is 0 Å². The van der Waals surface area contributed by atoms with E-state index in [4.69, 9.17) is 9.47 Å². The highest BCUT2D eigenvalue weighted by molar-refractivity contribution is 6.22. The van der Waals surface area contributed by atoms with Gasteiger partial charge in [-0.15, -0.1) is 0 Å². The Morgan fingerprint density at radius 3 is 1.97 bits per heavy atom. The summed E-state index contributed by atoms with van der Waals surface area (Å²) >= 11 is 0. The van der Waals surface area contributed by atoms with Crippen molar-refractivity contribution in [1.82, 2.24) is 0 Å². The van der Waals surface area contributed by atoms with Crippen LogP contribution in [-0.2, 0) is 14.3 Å². The number of amides is 2. The fourth-order valence-electron chi connectivity index (χ4n) is 6.03. The molecule has 34 heavy (non-hydrogen) atoms. The van der Waals surface area contributed by atoms with Crippen LogP contribution < -0.4 is 9.64 Å². The number of nitrogens with zero attached hydrogens (tertiary/aromatic N) is 1. The molecule has 2 amide bonds. The number of imide groups is 1. The molecule has 0 spiro atoms. The third kappa shape index (κ3) is 3.10. The zero-order chi connectivity index (χ0) is 23.6. The summed E-state index contributed by atoms with van der Waals surface area (Å²) in [5.74, 6) is 0.270. The van der Waals surface area contributed by atoms with E-state index >= 15 is 0 Å². The van der Waals surface area contributed by atoms with E-state index in [0.717, 1.165) is 6.42 Å². The van der Waals surface area contributed by atoms with Gasteiger partial charge in [0.15, 0.2) is 12.4 Å². The second-order valence-electron chi connectivity index (χ2n) is 9.44. The molecule has 7 rings (SSSR count). The molecule has 1 aliphatic heterocycles. The van der Waals surface area contributed by atoms with Crippen molar-refractivity contribution in [3.8, 4) is 5.75 Å². The Bertz CT molecular complexity index is 1190. The molecule has 4 aliphatic carbocycles. The van der Waals surface area contributed by atoms with E-state index in [0.29, 0.717) is 28.8 Å². The van der Waals surface area contributed by atoms with Crippen molar-refractivity contribution in [2.45, 2.75) is 6.42 Å². The number of allylic oxidation sites excluding steroid dienone is 2. The zero-order valence-corrected chi connectivity index (χ0v) is 18.5. The first kappa shape index (κ1) is 20.8. The Hall–Kier alpha value is -3.74. The van der Waals surface area contributed by atoms with E-state index < -0.39 is 12.6 Å². The van der Waals surface area contributed by atoms with Crippen molar-refractivity contribution in [2.24, 2.45) is 35.5 Å². The summed E-state index contributed by atoms with van der Waals surface area (Å²) in [6, 6.07) is 12.7. The molecule has 6 atom stereocenters. The summed E-state index contributed by atoms with van der Waals surface area (Å²) in [7, 11) is 1.54. The normalized spacial score (nSPS) is 30.1. The van der Waals surface area contributed by atoms with E-state index in [1.165, 1.54) is 24.1 Å². The van der Waals surface area contributed by atoms with Gasteiger partial charge in [-0.25, -0.2) is 4.79 Å². The van der Waals surface area contributed by atoms with Crippen molar-refractivity contribution in [3.63, 3.8) is 0 Å². The van der Waals surface area contributed by atoms with Gasteiger partial charge in [0, 0.05) is 5.56 Å². The van der Waals surface area contributed by atoms with Gasteiger partial charge in [0.1, 0.15) is 5.75 Å². The van der Waals surface area contributed by atoms with E-state index in [9.17, 15) is 19.2 Å². The number of rotatable bonds is 6. The Morgan fingerprint density at radius 1 is 0.853 bits per heavy atom. The maximum absolute atomic E-state index is 13.2. The smallest absolute Gasteiger partial charge is 0.338 e. The second-order valence-corrected chi connectivity index (χ2v) is 9.44. The van der Waals surface area contributed by atoms with Crippen LogP contribution in [0.3, 0.4) is 0 Å². The first-order valence-corrected chi connectivity index (χ1v) is 11.5. The van der Waals surface area contributed by atoms with E-state index in [-0.39, 0.29) is 46.8 Å². The standard InChI is InChI=1S/C27H23NO6/c1-33-17-8-4-14(5-9-17)22(29)13-34-27(32)15-2-6-16(7-3-15)28-25(30)23-18-10-11-19(21-12-20(18)21)24(23)26(28)31/h2-11,18-21,23-24H,12-13H2,1H3/t18-,19-,20-,21+,23-,24+/m0/s1. The molecule has 172 valence electrons. The molecule has 0 aromatic heterocycles. The number of ketones is 1. The number of hydrogen-bond acceptors (Lipinski definition) is 6. The number of benzene rings is 2. The number of methoxy groups -OCH3 is 1. The van der Waals surface area contributed by atoms with Crippen LogP contribution in [0.15, 0.2) is 60.7 Å². The van der Waals surface area contributed by atoms with Crippen LogP contribution in [0.25, 0.3) is 0 Å². The Morgan fingerprint density at radius 2 is 1.41 bits per heavy atom. The minimum Gasteiger partial charge on any atom is -0.497 e. The molecule has 7 nitrogen and oxygen atoms in total. The molecule has 2 saturated carbocycles. The summed E-state index contributed by atoms with van der Waals surface area (Å²) in [6.45, 7) is -0.391. The molecule has 0 radical (unpaired) electrons. The van der Waals surface area contributed by atoms with E-state index in [1.54, 1.807) is 36.4 Å². The van der Waals surface area contributed by atoms with Gasteiger partial charge in [0.25, 0.3) is 0 Å². The highest BCUT2D eigenvalue weighted by Gasteiger charge is 2.67. The number of anilines is 1. The van der Waals surface area contributed by atoms with Crippen LogP contribution in [0.1, 0.15) is 27.1 Å². The fourth-order valence-corrected chi connectivity index (χ4v) is 6.03. The summed E-state index contributed by atoms with van der Waals surface area (Å²) in [4.78, 5) is 52.4. The summed E-state index contributed by atoms with van der Waals surface area (Å²) in [5.41, 5.74) is 1.12. The molecule has 5 aliphatic rings. The van der Waals surface area contributed by atoms with Crippen molar-refractivity contribution in [2.75, 3.05) is 18.6 Å². The Labute approximate surface area is 196 Å². The predicted molar refractivity (Wildman–Crippen MR) is 121 cm³/mol. The summed E-state index contributed by atoms with van der Waals surface area (Å²) < 4.78 is 10.2. The highest BCUT2D eigenvalue weighted by Crippen LogP contribution is 2.65. The number of carbonyl (C=O) groups excluding carboxylic acids is 4. The van der Waals surface area contributed by atoms with Gasteiger partial charge in [0.2, 0.25) is 11.8 Å². The molecule has 0 N–H and O–H groups in total. The Kier molecular flexibility index (Phi) is 4.69. The van der Waals surface area contributed by atoms with Gasteiger partial charge in [-0.05, 0) is 78.6 Å². The van der Waals surface area contributed by atoms with Gasteiger partial charge in [-0.1, -0.05) is 12.2 Å². The maximum atomic E-state index is 13.2. The van der Waals surface area contributed by atoms with Gasteiger partial charge in [0.05, 0.1) is 30.2 Å². The SMILES string of the molecule is COc1ccc(C(=O)COC(=O)c2ccc(N3C(=O)[C@@H]4[C@H]5C=C[C@@H]([C@@H]6C[C@H]56)[C@@H]4C3=O)cc2)cc1. The van der Waals surface area contributed by atoms with Crippen molar-refractivity contribution >= 4 is 29.3 Å². The van der Waals surface area contributed by atoms with E-state index in [2.05, 4.69) is 12.2 Å². The molecule has 2 aromatic rings. The lowest BCUT2D eigenvalue weighted by Gasteiger charge is -2.37. The average Bonchev–Trinajstić information content (AvgIpc) is 3.65. The molecule has 0 unspecified atom stereocenters. The van der Waals surface area contributed by atoms with E-state index in [1.807, 2.05) is 0 Å². The maximum Gasteiger partial charge on any atom is 0.338 e. The van der Waals surface area contributed by atoms with Crippen LogP contribution in [0, 0.1) is 35.5 Å². The first-order valence-electron chi connectivity index (χ1n) is 11.5. The number of ether oxygens (including phenoxy) is 2. The molecular formula is C27H23NO6. The number of carbonyl (C=O) groups is 4. The van der Waals surface area contributed by atoms with Crippen LogP contribution >= 0.6 is 0 Å². The highest BCUT2D eigenvalue weighted by atomic mass is 16.5. The lowest BCUT2D eigenvalue weighted by atomic mass is 9.63. The summed E-state index contributed by atoms with van der Waals surface area (Å²) in [5, 5.41) is 0. The predicted octanol–water partition coefficient (Wildman–Crippen LogP) is 3.29. The average molecular weight is 457 g/mol. The van der Waals surface area contributed by atoms with Gasteiger partial charge in [-0.2, -0.15) is 0 Å². The lowest BCUT2D eigenvalue weighted by molar-refractivity contribution is -0.124. The lowest BCUT2D eigenvalue weighted by Crippen LogP contribution is -2.40. The quantitative estimate of drug-likeness (QED) is 0.286. The molecule has 1 saturated heterocycles. The molecular weight excluding hydrogens is 434 g/mol. The third-order valence-electron chi connectivity index (χ3n) is 7.77. The van der Waals surface area contributed by atoms with Crippen molar-refractivity contribution in [1.29, 1.82) is 0 Å².